The van der Waals surface area contributed by atoms with E-state index < -0.39 is 21.7 Å². The summed E-state index contributed by atoms with van der Waals surface area (Å²) in [6.45, 7) is 4.04. The van der Waals surface area contributed by atoms with Crippen LogP contribution in [-0.4, -0.2) is 46.7 Å². The Morgan fingerprint density at radius 2 is 1.87 bits per heavy atom. The summed E-state index contributed by atoms with van der Waals surface area (Å²) in [5, 5.41) is 2.66. The number of morpholine rings is 1. The van der Waals surface area contributed by atoms with Crippen molar-refractivity contribution < 1.29 is 22.3 Å². The Bertz CT molecular complexity index is 1060. The number of nitrogens with zero attached hydrogens (tertiary/aromatic N) is 1. The summed E-state index contributed by atoms with van der Waals surface area (Å²) >= 11 is 0. The fraction of sp³-hybridized carbons (Fsp3) is 0.381. The van der Waals surface area contributed by atoms with Gasteiger partial charge in [-0.25, -0.2) is 17.5 Å². The summed E-state index contributed by atoms with van der Waals surface area (Å²) in [5.74, 6) is -0.925. The highest BCUT2D eigenvalue weighted by Gasteiger charge is 2.28. The quantitative estimate of drug-likeness (QED) is 0.731. The van der Waals surface area contributed by atoms with Crippen molar-refractivity contribution in [3.8, 4) is 0 Å². The Hall–Kier alpha value is -2.49. The molecule has 1 aliphatic carbocycles. The lowest BCUT2D eigenvalue weighted by Crippen LogP contribution is -2.36. The third-order valence-electron chi connectivity index (χ3n) is 5.22. The first-order valence-corrected chi connectivity index (χ1v) is 11.4. The van der Waals surface area contributed by atoms with Crippen LogP contribution in [0.3, 0.4) is 0 Å². The van der Waals surface area contributed by atoms with Gasteiger partial charge in [0.25, 0.3) is 5.91 Å². The van der Waals surface area contributed by atoms with Crippen molar-refractivity contribution in [2.45, 2.75) is 30.7 Å². The smallest absolute Gasteiger partial charge is 0.255 e. The molecule has 0 radical (unpaired) electrons. The van der Waals surface area contributed by atoms with Crippen LogP contribution in [0.15, 0.2) is 41.3 Å². The van der Waals surface area contributed by atoms with Gasteiger partial charge in [0.05, 0.1) is 23.8 Å². The van der Waals surface area contributed by atoms with E-state index in [4.69, 9.17) is 4.74 Å². The first-order valence-electron chi connectivity index (χ1n) is 9.90. The average molecular weight is 434 g/mol. The number of ether oxygens (including phenoxy) is 1. The molecule has 0 bridgehead atoms. The number of sulfonamides is 1. The number of aryl methyl sites for hydroxylation is 1. The lowest BCUT2D eigenvalue weighted by atomic mass is 10.1. The molecule has 1 amide bonds. The van der Waals surface area contributed by atoms with Crippen molar-refractivity contribution in [2.24, 2.45) is 0 Å². The number of amides is 1. The molecule has 1 heterocycles. The molecule has 7 nitrogen and oxygen atoms in total. The van der Waals surface area contributed by atoms with Crippen molar-refractivity contribution >= 4 is 27.3 Å². The Morgan fingerprint density at radius 3 is 2.53 bits per heavy atom. The first-order chi connectivity index (χ1) is 14.3. The largest absolute Gasteiger partial charge is 0.378 e. The van der Waals surface area contributed by atoms with E-state index in [1.54, 1.807) is 25.1 Å². The Morgan fingerprint density at radius 1 is 1.13 bits per heavy atom. The van der Waals surface area contributed by atoms with Crippen molar-refractivity contribution in [3.05, 3.63) is 53.3 Å². The summed E-state index contributed by atoms with van der Waals surface area (Å²) in [5.41, 5.74) is 1.62. The highest BCUT2D eigenvalue weighted by molar-refractivity contribution is 7.89. The maximum atomic E-state index is 14.6. The monoisotopic (exact) mass is 433 g/mol. The minimum Gasteiger partial charge on any atom is -0.378 e. The topological polar surface area (TPSA) is 87.7 Å². The summed E-state index contributed by atoms with van der Waals surface area (Å²) in [7, 11) is -3.67. The number of carbonyl (C=O) groups excluding carboxylic acids is 1. The number of carbonyl (C=O) groups is 1. The second-order valence-corrected chi connectivity index (χ2v) is 9.31. The molecule has 1 aliphatic heterocycles. The molecule has 0 unspecified atom stereocenters. The van der Waals surface area contributed by atoms with E-state index in [0.29, 0.717) is 43.2 Å². The predicted octanol–water partition coefficient (Wildman–Crippen LogP) is 2.66. The molecule has 4 rings (SSSR count). The SMILES string of the molecule is Cc1ccc(S(=O)(=O)NC2CC2)cc1C(=O)Nc1ccc(N2CCOCC2)c(F)c1. The highest BCUT2D eigenvalue weighted by atomic mass is 32.2. The van der Waals surface area contributed by atoms with Gasteiger partial charge in [-0.15, -0.1) is 0 Å². The molecule has 0 aromatic heterocycles. The third-order valence-corrected chi connectivity index (χ3v) is 6.74. The van der Waals surface area contributed by atoms with Gasteiger partial charge in [0.15, 0.2) is 0 Å². The first kappa shape index (κ1) is 20.8. The fourth-order valence-corrected chi connectivity index (χ4v) is 4.68. The van der Waals surface area contributed by atoms with Gasteiger partial charge in [-0.1, -0.05) is 6.07 Å². The van der Waals surface area contributed by atoms with Gasteiger partial charge in [-0.3, -0.25) is 4.79 Å². The van der Waals surface area contributed by atoms with Gasteiger partial charge in [0.2, 0.25) is 10.0 Å². The molecule has 1 saturated carbocycles. The van der Waals surface area contributed by atoms with Crippen LogP contribution in [0.1, 0.15) is 28.8 Å². The van der Waals surface area contributed by atoms with E-state index in [0.717, 1.165) is 12.8 Å². The number of halogens is 1. The summed E-state index contributed by atoms with van der Waals surface area (Å²) in [6.07, 6.45) is 1.65. The van der Waals surface area contributed by atoms with E-state index in [1.807, 2.05) is 4.90 Å². The maximum absolute atomic E-state index is 14.6. The normalized spacial score (nSPS) is 17.1. The van der Waals surface area contributed by atoms with E-state index in [2.05, 4.69) is 10.0 Å². The van der Waals surface area contributed by atoms with Crippen LogP contribution >= 0.6 is 0 Å². The van der Waals surface area contributed by atoms with Gasteiger partial charge < -0.3 is 15.0 Å². The average Bonchev–Trinajstić information content (AvgIpc) is 3.52. The van der Waals surface area contributed by atoms with Crippen molar-refractivity contribution in [1.82, 2.24) is 4.72 Å². The van der Waals surface area contributed by atoms with Crippen LogP contribution in [0.2, 0.25) is 0 Å². The van der Waals surface area contributed by atoms with E-state index in [1.165, 1.54) is 18.2 Å². The molecule has 0 spiro atoms. The zero-order chi connectivity index (χ0) is 21.3. The lowest BCUT2D eigenvalue weighted by Gasteiger charge is -2.29. The van der Waals surface area contributed by atoms with Gasteiger partial charge in [-0.2, -0.15) is 0 Å². The number of nitrogens with one attached hydrogen (secondary N) is 2. The third kappa shape index (κ3) is 4.63. The number of rotatable bonds is 6. The summed E-state index contributed by atoms with van der Waals surface area (Å²) < 4.78 is 47.4. The van der Waals surface area contributed by atoms with Crippen LogP contribution in [0, 0.1) is 12.7 Å². The molecule has 2 fully saturated rings. The molecule has 160 valence electrons. The Labute approximate surface area is 175 Å². The molecule has 0 atom stereocenters. The second kappa shape index (κ2) is 8.33. The van der Waals surface area contributed by atoms with Gasteiger partial charge >= 0.3 is 0 Å². The molecule has 2 aliphatic rings. The van der Waals surface area contributed by atoms with Gasteiger partial charge in [-0.05, 0) is 55.7 Å². The zero-order valence-corrected chi connectivity index (χ0v) is 17.5. The minimum absolute atomic E-state index is 0.0264. The van der Waals surface area contributed by atoms with Gasteiger partial charge in [0.1, 0.15) is 5.82 Å². The lowest BCUT2D eigenvalue weighted by molar-refractivity contribution is 0.102. The number of benzene rings is 2. The Balaban J connectivity index is 1.52. The van der Waals surface area contributed by atoms with E-state index in [-0.39, 0.29) is 16.5 Å². The van der Waals surface area contributed by atoms with Crippen LogP contribution in [0.4, 0.5) is 15.8 Å². The van der Waals surface area contributed by atoms with Gasteiger partial charge in [0, 0.05) is 30.4 Å². The number of hydrogen-bond donors (Lipinski definition) is 2. The molecule has 2 N–H and O–H groups in total. The molecule has 2 aromatic rings. The molecule has 2 aromatic carbocycles. The zero-order valence-electron chi connectivity index (χ0n) is 16.7. The number of anilines is 2. The van der Waals surface area contributed by atoms with Crippen LogP contribution in [-0.2, 0) is 14.8 Å². The van der Waals surface area contributed by atoms with Crippen molar-refractivity contribution in [2.75, 3.05) is 36.5 Å². The summed E-state index contributed by atoms with van der Waals surface area (Å²) in [4.78, 5) is 14.7. The van der Waals surface area contributed by atoms with E-state index >= 15 is 0 Å². The Kier molecular flexibility index (Phi) is 5.77. The number of hydrogen-bond acceptors (Lipinski definition) is 5. The second-order valence-electron chi connectivity index (χ2n) is 7.59. The van der Waals surface area contributed by atoms with Crippen molar-refractivity contribution in [1.29, 1.82) is 0 Å². The molecule has 1 saturated heterocycles. The van der Waals surface area contributed by atoms with Crippen molar-refractivity contribution in [3.63, 3.8) is 0 Å². The van der Waals surface area contributed by atoms with E-state index in [9.17, 15) is 17.6 Å². The molecular formula is C21H24FN3O4S. The predicted molar refractivity (Wildman–Crippen MR) is 112 cm³/mol. The fourth-order valence-electron chi connectivity index (χ4n) is 3.35. The standard InChI is InChI=1S/C21H24FN3O4S/c1-14-2-6-17(30(27,28)24-15-3-4-15)13-18(14)21(26)23-16-5-7-20(19(22)12-16)25-8-10-29-11-9-25/h2,5-7,12-13,15,24H,3-4,8-11H2,1H3,(H,23,26). The van der Waals surface area contributed by atoms with Crippen LogP contribution < -0.4 is 14.9 Å². The van der Waals surface area contributed by atoms with Crippen LogP contribution in [0.25, 0.3) is 0 Å². The molecule has 9 heteroatoms. The molecule has 30 heavy (non-hydrogen) atoms. The maximum Gasteiger partial charge on any atom is 0.255 e. The highest BCUT2D eigenvalue weighted by Crippen LogP contribution is 2.26. The minimum atomic E-state index is -3.67. The molecular weight excluding hydrogens is 409 g/mol. The summed E-state index contributed by atoms with van der Waals surface area (Å²) in [6, 6.07) is 8.94. The van der Waals surface area contributed by atoms with Crippen LogP contribution in [0.5, 0.6) is 0 Å².